The molecular formula is C12H18Cl2N4O. The van der Waals surface area contributed by atoms with Crippen LogP contribution in [0.3, 0.4) is 0 Å². The van der Waals surface area contributed by atoms with Gasteiger partial charge in [0.2, 0.25) is 0 Å². The summed E-state index contributed by atoms with van der Waals surface area (Å²) in [5.41, 5.74) is 2.46. The van der Waals surface area contributed by atoms with E-state index in [2.05, 4.69) is 10.4 Å². The number of hydrogen-bond donors (Lipinski definition) is 2. The zero-order valence-corrected chi connectivity index (χ0v) is 12.3. The molecule has 0 amide bonds. The number of anilines is 2. The number of likely N-dealkylation sites (N-methyl/N-ethyl adjacent to an activating group) is 1. The first kappa shape index (κ1) is 14.7. The Morgan fingerprint density at radius 2 is 2.26 bits per heavy atom. The molecule has 0 bridgehead atoms. The second-order valence-corrected chi connectivity index (χ2v) is 5.45. The quantitative estimate of drug-likeness (QED) is 0.661. The number of hydrazine groups is 1. The predicted molar refractivity (Wildman–Crippen MR) is 78.9 cm³/mol. The van der Waals surface area contributed by atoms with Gasteiger partial charge in [0.25, 0.3) is 0 Å². The highest BCUT2D eigenvalue weighted by molar-refractivity contribution is 6.37. The fraction of sp³-hybridized carbons (Fsp3) is 0.583. The number of rotatable bonds is 4. The Hall–Kier alpha value is -0.750. The molecule has 7 heteroatoms. The maximum Gasteiger partial charge on any atom is 0.161 e. The van der Waals surface area contributed by atoms with E-state index in [0.717, 1.165) is 26.0 Å². The van der Waals surface area contributed by atoms with Crippen LogP contribution in [0.5, 0.6) is 0 Å². The Morgan fingerprint density at radius 3 is 2.89 bits per heavy atom. The van der Waals surface area contributed by atoms with Crippen molar-refractivity contribution in [3.8, 4) is 0 Å². The highest BCUT2D eigenvalue weighted by atomic mass is 35.5. The van der Waals surface area contributed by atoms with Crippen molar-refractivity contribution in [3.63, 3.8) is 0 Å². The predicted octanol–water partition coefficient (Wildman–Crippen LogP) is 2.68. The molecule has 0 radical (unpaired) electrons. The van der Waals surface area contributed by atoms with E-state index in [-0.39, 0.29) is 6.10 Å². The Morgan fingerprint density at radius 1 is 1.47 bits per heavy atom. The summed E-state index contributed by atoms with van der Waals surface area (Å²) in [6, 6.07) is 1.64. The summed E-state index contributed by atoms with van der Waals surface area (Å²) in [7, 11) is 1.93. The van der Waals surface area contributed by atoms with Gasteiger partial charge in [-0.25, -0.2) is 10.8 Å². The molecule has 0 saturated carbocycles. The maximum atomic E-state index is 6.17. The van der Waals surface area contributed by atoms with Gasteiger partial charge in [-0.2, -0.15) is 0 Å². The van der Waals surface area contributed by atoms with E-state index in [1.54, 1.807) is 6.07 Å². The largest absolute Gasteiger partial charge is 0.376 e. The summed E-state index contributed by atoms with van der Waals surface area (Å²) in [5, 5.41) is 0.904. The van der Waals surface area contributed by atoms with E-state index >= 15 is 0 Å². The topological polar surface area (TPSA) is 63.4 Å². The Kier molecular flexibility index (Phi) is 5.10. The Balaban J connectivity index is 2.11. The molecule has 0 aromatic carbocycles. The number of nitrogens with one attached hydrogen (secondary N) is 1. The van der Waals surface area contributed by atoms with Crippen molar-refractivity contribution in [2.75, 3.05) is 30.5 Å². The molecule has 3 N–H and O–H groups in total. The van der Waals surface area contributed by atoms with E-state index in [1.807, 2.05) is 11.9 Å². The number of hydrogen-bond acceptors (Lipinski definition) is 5. The van der Waals surface area contributed by atoms with Crippen molar-refractivity contribution in [1.82, 2.24) is 4.98 Å². The van der Waals surface area contributed by atoms with Crippen LogP contribution in [0, 0.1) is 0 Å². The first-order valence-electron chi connectivity index (χ1n) is 6.27. The number of pyridine rings is 1. The number of nitrogens with two attached hydrogens (primary N) is 1. The van der Waals surface area contributed by atoms with Crippen molar-refractivity contribution in [2.24, 2.45) is 5.84 Å². The molecule has 19 heavy (non-hydrogen) atoms. The highest BCUT2D eigenvalue weighted by Crippen LogP contribution is 2.31. The lowest BCUT2D eigenvalue weighted by Crippen LogP contribution is -2.34. The van der Waals surface area contributed by atoms with Crippen LogP contribution in [0.15, 0.2) is 6.07 Å². The monoisotopic (exact) mass is 304 g/mol. The molecule has 1 aromatic heterocycles. The number of ether oxygens (including phenoxy) is 1. The minimum atomic E-state index is 0.224. The maximum absolute atomic E-state index is 6.17. The first-order chi connectivity index (χ1) is 9.11. The van der Waals surface area contributed by atoms with Gasteiger partial charge < -0.3 is 15.1 Å². The van der Waals surface area contributed by atoms with Crippen LogP contribution in [-0.4, -0.2) is 31.3 Å². The number of nitrogen functional groups attached to an aromatic ring is 1. The molecule has 1 saturated heterocycles. The van der Waals surface area contributed by atoms with Gasteiger partial charge in [-0.1, -0.05) is 23.2 Å². The molecule has 0 spiro atoms. The van der Waals surface area contributed by atoms with Crippen molar-refractivity contribution >= 4 is 34.8 Å². The van der Waals surface area contributed by atoms with Gasteiger partial charge in [-0.15, -0.1) is 0 Å². The molecule has 0 aliphatic carbocycles. The summed E-state index contributed by atoms with van der Waals surface area (Å²) < 4.78 is 5.71. The second-order valence-electron chi connectivity index (χ2n) is 4.64. The third-order valence-corrected chi connectivity index (χ3v) is 3.73. The van der Waals surface area contributed by atoms with Gasteiger partial charge in [0, 0.05) is 20.2 Å². The summed E-state index contributed by atoms with van der Waals surface area (Å²) in [6.07, 6.45) is 3.64. The van der Waals surface area contributed by atoms with Gasteiger partial charge in [0.05, 0.1) is 16.1 Å². The van der Waals surface area contributed by atoms with Crippen LogP contribution < -0.4 is 16.2 Å². The number of aromatic nitrogens is 1. The van der Waals surface area contributed by atoms with Gasteiger partial charge in [-0.3, -0.25) is 0 Å². The highest BCUT2D eigenvalue weighted by Gasteiger charge is 2.19. The van der Waals surface area contributed by atoms with Crippen LogP contribution in [0.2, 0.25) is 10.0 Å². The van der Waals surface area contributed by atoms with Gasteiger partial charge >= 0.3 is 0 Å². The fourth-order valence-electron chi connectivity index (χ4n) is 2.17. The number of nitrogens with zero attached hydrogens (tertiary/aromatic N) is 2. The van der Waals surface area contributed by atoms with Crippen molar-refractivity contribution in [3.05, 3.63) is 16.1 Å². The SMILES string of the molecule is CN(CC1CCCCO1)c1nc(NN)c(Cl)cc1Cl. The average Bonchev–Trinajstić information content (AvgIpc) is 2.40. The molecule has 2 heterocycles. The zero-order valence-electron chi connectivity index (χ0n) is 10.8. The average molecular weight is 305 g/mol. The minimum Gasteiger partial charge on any atom is -0.376 e. The smallest absolute Gasteiger partial charge is 0.161 e. The van der Waals surface area contributed by atoms with Crippen LogP contribution in [0.1, 0.15) is 19.3 Å². The number of halogens is 2. The molecular weight excluding hydrogens is 287 g/mol. The van der Waals surface area contributed by atoms with E-state index in [9.17, 15) is 0 Å². The third kappa shape index (κ3) is 3.63. The minimum absolute atomic E-state index is 0.224. The van der Waals surface area contributed by atoms with E-state index in [4.69, 9.17) is 33.8 Å². The lowest BCUT2D eigenvalue weighted by molar-refractivity contribution is 0.0215. The molecule has 106 valence electrons. The molecule has 1 atom stereocenters. The van der Waals surface area contributed by atoms with Crippen LogP contribution in [-0.2, 0) is 4.74 Å². The lowest BCUT2D eigenvalue weighted by atomic mass is 10.1. The van der Waals surface area contributed by atoms with Crippen LogP contribution in [0.25, 0.3) is 0 Å². The van der Waals surface area contributed by atoms with Crippen molar-refractivity contribution < 1.29 is 4.74 Å². The molecule has 2 rings (SSSR count). The van der Waals surface area contributed by atoms with Gasteiger partial charge in [0.1, 0.15) is 5.82 Å². The van der Waals surface area contributed by atoms with Gasteiger partial charge in [0.15, 0.2) is 5.82 Å². The summed E-state index contributed by atoms with van der Waals surface area (Å²) in [4.78, 5) is 6.29. The molecule has 1 aliphatic heterocycles. The van der Waals surface area contributed by atoms with Crippen molar-refractivity contribution in [1.29, 1.82) is 0 Å². The summed E-state index contributed by atoms with van der Waals surface area (Å²) in [5.74, 6) is 6.43. The normalized spacial score (nSPS) is 19.3. The molecule has 1 aromatic rings. The van der Waals surface area contributed by atoms with Crippen LogP contribution >= 0.6 is 23.2 Å². The van der Waals surface area contributed by atoms with E-state index < -0.39 is 0 Å². The molecule has 1 fully saturated rings. The Bertz CT molecular complexity index is 438. The molecule has 1 unspecified atom stereocenters. The fourth-order valence-corrected chi connectivity index (χ4v) is 2.73. The third-order valence-electron chi connectivity index (χ3n) is 3.16. The lowest BCUT2D eigenvalue weighted by Gasteiger charge is -2.28. The van der Waals surface area contributed by atoms with Crippen LogP contribution in [0.4, 0.5) is 11.6 Å². The molecule has 5 nitrogen and oxygen atoms in total. The van der Waals surface area contributed by atoms with Crippen molar-refractivity contribution in [2.45, 2.75) is 25.4 Å². The van der Waals surface area contributed by atoms with E-state index in [0.29, 0.717) is 21.7 Å². The van der Waals surface area contributed by atoms with Gasteiger partial charge in [-0.05, 0) is 25.3 Å². The van der Waals surface area contributed by atoms with E-state index in [1.165, 1.54) is 6.42 Å². The first-order valence-corrected chi connectivity index (χ1v) is 7.03. The zero-order chi connectivity index (χ0) is 13.8. The summed E-state index contributed by atoms with van der Waals surface area (Å²) in [6.45, 7) is 1.58. The second kappa shape index (κ2) is 6.61. The Labute approximate surface area is 123 Å². The summed E-state index contributed by atoms with van der Waals surface area (Å²) >= 11 is 12.1. The molecule has 1 aliphatic rings. The standard InChI is InChI=1S/C12H18Cl2N4O/c1-18(7-8-4-2-3-5-19-8)12-10(14)6-9(13)11(16-12)17-15/h6,8H,2-5,7,15H2,1H3,(H,16,17).